The fourth-order valence-corrected chi connectivity index (χ4v) is 1.57. The third kappa shape index (κ3) is 1.98. The second-order valence-electron chi connectivity index (χ2n) is 3.61. The Balaban J connectivity index is 2.35. The molecule has 1 heterocycles. The molecule has 2 N–H and O–H groups in total. The smallest absolute Gasteiger partial charge is 0.320 e. The second kappa shape index (κ2) is 3.73. The van der Waals surface area contributed by atoms with Crippen molar-refractivity contribution in [3.05, 3.63) is 29.3 Å². The molecule has 0 aromatic heterocycles. The summed E-state index contributed by atoms with van der Waals surface area (Å²) in [6, 6.07) is 5.84. The minimum atomic E-state index is -0.181. The van der Waals surface area contributed by atoms with Gasteiger partial charge in [-0.1, -0.05) is 18.2 Å². The zero-order valence-corrected chi connectivity index (χ0v) is 8.79. The zero-order chi connectivity index (χ0) is 10.8. The fourth-order valence-electron chi connectivity index (χ4n) is 1.57. The number of carbonyl (C=O) groups is 1. The van der Waals surface area contributed by atoms with Crippen LogP contribution in [-0.2, 0) is 0 Å². The van der Waals surface area contributed by atoms with Crippen molar-refractivity contribution in [2.45, 2.75) is 13.8 Å². The van der Waals surface area contributed by atoms with E-state index in [9.17, 15) is 4.79 Å². The Morgan fingerprint density at radius 1 is 1.27 bits per heavy atom. The molecule has 0 radical (unpaired) electrons. The molecule has 0 spiro atoms. The number of nitrogens with one attached hydrogen (secondary N) is 2. The Labute approximate surface area is 88.4 Å². The normalized spacial score (nSPS) is 17.7. The zero-order valence-electron chi connectivity index (χ0n) is 8.79. The van der Waals surface area contributed by atoms with Crippen molar-refractivity contribution in [2.75, 3.05) is 6.54 Å². The second-order valence-corrected chi connectivity index (χ2v) is 3.61. The number of hydrogen-bond acceptors (Lipinski definition) is 2. The summed E-state index contributed by atoms with van der Waals surface area (Å²) in [4.78, 5) is 15.3. The Kier molecular flexibility index (Phi) is 2.41. The number of aliphatic imine (C=N–C) groups is 1. The number of aryl methyl sites for hydroxylation is 2. The van der Waals surface area contributed by atoms with E-state index in [1.54, 1.807) is 0 Å². The Morgan fingerprint density at radius 2 is 1.93 bits per heavy atom. The molecule has 78 valence electrons. The topological polar surface area (TPSA) is 53.5 Å². The number of urea groups is 1. The Hall–Kier alpha value is -1.84. The lowest BCUT2D eigenvalue weighted by Gasteiger charge is -2.04. The summed E-state index contributed by atoms with van der Waals surface area (Å²) in [6.07, 6.45) is 0. The lowest BCUT2D eigenvalue weighted by atomic mass is 10.1. The Morgan fingerprint density at radius 3 is 2.47 bits per heavy atom. The molecule has 1 aliphatic heterocycles. The van der Waals surface area contributed by atoms with Crippen LogP contribution in [0.2, 0.25) is 0 Å². The number of amides is 2. The average Bonchev–Trinajstić information content (AvgIpc) is 2.58. The lowest BCUT2D eigenvalue weighted by molar-refractivity contribution is 0.249. The van der Waals surface area contributed by atoms with Crippen LogP contribution in [0, 0.1) is 13.8 Å². The number of carbonyl (C=O) groups excluding carboxylic acids is 1. The standard InChI is InChI=1S/C11H13N3O/c1-7-4-3-5-8(2)10(7)13-9-6-12-11(15)14-9/h3-5H,6H2,1-2H3,(H2,12,13,14,15). The number of rotatable bonds is 1. The number of para-hydroxylation sites is 1. The van der Waals surface area contributed by atoms with Gasteiger partial charge in [-0.15, -0.1) is 0 Å². The van der Waals surface area contributed by atoms with Gasteiger partial charge in [0.15, 0.2) is 0 Å². The number of hydrogen-bond donors (Lipinski definition) is 2. The van der Waals surface area contributed by atoms with Crippen molar-refractivity contribution < 1.29 is 4.79 Å². The van der Waals surface area contributed by atoms with Crippen LogP contribution in [0.3, 0.4) is 0 Å². The molecule has 0 aliphatic carbocycles. The van der Waals surface area contributed by atoms with E-state index < -0.39 is 0 Å². The van der Waals surface area contributed by atoms with Gasteiger partial charge in [0.1, 0.15) is 5.84 Å². The van der Waals surface area contributed by atoms with Crippen molar-refractivity contribution >= 4 is 17.6 Å². The third-order valence-electron chi connectivity index (χ3n) is 2.36. The molecule has 0 saturated carbocycles. The fraction of sp³-hybridized carbons (Fsp3) is 0.273. The highest BCUT2D eigenvalue weighted by Gasteiger charge is 2.14. The molecule has 4 heteroatoms. The molecule has 1 saturated heterocycles. The van der Waals surface area contributed by atoms with Crippen LogP contribution in [-0.4, -0.2) is 18.4 Å². The van der Waals surface area contributed by atoms with Gasteiger partial charge in [-0.05, 0) is 25.0 Å². The van der Waals surface area contributed by atoms with E-state index in [4.69, 9.17) is 0 Å². The minimum Gasteiger partial charge on any atom is -0.331 e. The van der Waals surface area contributed by atoms with Crippen LogP contribution in [0.25, 0.3) is 0 Å². The van der Waals surface area contributed by atoms with Gasteiger partial charge in [-0.25, -0.2) is 9.79 Å². The summed E-state index contributed by atoms with van der Waals surface area (Å²) in [6.45, 7) is 4.50. The van der Waals surface area contributed by atoms with Gasteiger partial charge in [-0.3, -0.25) is 5.32 Å². The summed E-state index contributed by atoms with van der Waals surface area (Å²) in [7, 11) is 0. The molecule has 15 heavy (non-hydrogen) atoms. The summed E-state index contributed by atoms with van der Waals surface area (Å²) in [5.41, 5.74) is 3.17. The van der Waals surface area contributed by atoms with Crippen molar-refractivity contribution in [3.8, 4) is 0 Å². The lowest BCUT2D eigenvalue weighted by Crippen LogP contribution is -2.22. The van der Waals surface area contributed by atoms with Gasteiger partial charge in [0.25, 0.3) is 0 Å². The quantitative estimate of drug-likeness (QED) is 0.716. The van der Waals surface area contributed by atoms with E-state index in [1.165, 1.54) is 0 Å². The molecular formula is C11H13N3O. The van der Waals surface area contributed by atoms with E-state index in [0.29, 0.717) is 12.4 Å². The van der Waals surface area contributed by atoms with Crippen LogP contribution >= 0.6 is 0 Å². The Bertz CT molecular complexity index is 417. The van der Waals surface area contributed by atoms with Crippen LogP contribution in [0.15, 0.2) is 23.2 Å². The SMILES string of the molecule is Cc1cccc(C)c1N=C1CNC(=O)N1. The van der Waals surface area contributed by atoms with Crippen molar-refractivity contribution in [1.82, 2.24) is 10.6 Å². The maximum atomic E-state index is 10.9. The molecule has 0 atom stereocenters. The van der Waals surface area contributed by atoms with E-state index in [1.807, 2.05) is 32.0 Å². The number of nitrogens with zero attached hydrogens (tertiary/aromatic N) is 1. The highest BCUT2D eigenvalue weighted by atomic mass is 16.2. The molecule has 1 aromatic carbocycles. The summed E-state index contributed by atoms with van der Waals surface area (Å²) in [5.74, 6) is 0.678. The maximum Gasteiger partial charge on any atom is 0.320 e. The van der Waals surface area contributed by atoms with Crippen LogP contribution in [0.5, 0.6) is 0 Å². The van der Waals surface area contributed by atoms with Gasteiger partial charge in [0.05, 0.1) is 12.2 Å². The van der Waals surface area contributed by atoms with E-state index in [2.05, 4.69) is 15.6 Å². The van der Waals surface area contributed by atoms with Gasteiger partial charge >= 0.3 is 6.03 Å². The highest BCUT2D eigenvalue weighted by Crippen LogP contribution is 2.22. The summed E-state index contributed by atoms with van der Waals surface area (Å²) < 4.78 is 0. The molecule has 1 aliphatic rings. The van der Waals surface area contributed by atoms with E-state index in [0.717, 1.165) is 16.8 Å². The van der Waals surface area contributed by atoms with E-state index in [-0.39, 0.29) is 6.03 Å². The number of amidine groups is 1. The van der Waals surface area contributed by atoms with Crippen molar-refractivity contribution in [1.29, 1.82) is 0 Å². The van der Waals surface area contributed by atoms with Crippen LogP contribution in [0.1, 0.15) is 11.1 Å². The largest absolute Gasteiger partial charge is 0.331 e. The summed E-state index contributed by atoms with van der Waals surface area (Å²) in [5, 5.41) is 5.30. The predicted molar refractivity (Wildman–Crippen MR) is 59.5 cm³/mol. The third-order valence-corrected chi connectivity index (χ3v) is 2.36. The molecular weight excluding hydrogens is 190 g/mol. The molecule has 1 fully saturated rings. The van der Waals surface area contributed by atoms with Crippen molar-refractivity contribution in [3.63, 3.8) is 0 Å². The first kappa shape index (κ1) is 9.71. The van der Waals surface area contributed by atoms with Crippen LogP contribution < -0.4 is 10.6 Å². The minimum absolute atomic E-state index is 0.181. The predicted octanol–water partition coefficient (Wildman–Crippen LogP) is 1.65. The number of benzene rings is 1. The average molecular weight is 203 g/mol. The first-order valence-electron chi connectivity index (χ1n) is 4.85. The molecule has 2 amide bonds. The van der Waals surface area contributed by atoms with Gasteiger partial charge in [0.2, 0.25) is 0 Å². The van der Waals surface area contributed by atoms with E-state index >= 15 is 0 Å². The van der Waals surface area contributed by atoms with Gasteiger partial charge in [0, 0.05) is 0 Å². The monoisotopic (exact) mass is 203 g/mol. The molecule has 4 nitrogen and oxygen atoms in total. The molecule has 0 unspecified atom stereocenters. The van der Waals surface area contributed by atoms with Gasteiger partial charge in [-0.2, -0.15) is 0 Å². The first-order valence-corrected chi connectivity index (χ1v) is 4.85. The molecule has 1 aromatic rings. The summed E-state index contributed by atoms with van der Waals surface area (Å²) >= 11 is 0. The molecule has 0 bridgehead atoms. The maximum absolute atomic E-state index is 10.9. The first-order chi connectivity index (χ1) is 7.16. The molecule has 2 rings (SSSR count). The van der Waals surface area contributed by atoms with Crippen molar-refractivity contribution in [2.24, 2.45) is 4.99 Å². The van der Waals surface area contributed by atoms with Crippen LogP contribution in [0.4, 0.5) is 10.5 Å². The van der Waals surface area contributed by atoms with Gasteiger partial charge < -0.3 is 5.32 Å². The highest BCUT2D eigenvalue weighted by molar-refractivity contribution is 6.05.